The van der Waals surface area contributed by atoms with Crippen LogP contribution in [0.1, 0.15) is 16.7 Å². The molecule has 6 heteroatoms. The van der Waals surface area contributed by atoms with E-state index >= 15 is 0 Å². The molecule has 4 nitrogen and oxygen atoms in total. The first-order valence-corrected chi connectivity index (χ1v) is 10.2. The number of thioether (sulfide) groups is 1. The summed E-state index contributed by atoms with van der Waals surface area (Å²) in [6.45, 7) is 2.19. The molecule has 0 unspecified atom stereocenters. The molecule has 1 aromatic heterocycles. The average Bonchev–Trinajstić information content (AvgIpc) is 2.95. The summed E-state index contributed by atoms with van der Waals surface area (Å²) in [4.78, 5) is 33.0. The number of aryl methyl sites for hydroxylation is 1. The lowest BCUT2D eigenvalue weighted by Crippen LogP contribution is -2.30. The molecule has 4 rings (SSSR count). The lowest BCUT2D eigenvalue weighted by atomic mass is 10.0. The van der Waals surface area contributed by atoms with Crippen LogP contribution in [-0.2, 0) is 16.1 Å². The smallest absolute Gasteiger partial charge is 0.268 e. The fourth-order valence-corrected chi connectivity index (χ4v) is 4.20. The number of benzene rings is 2. The van der Waals surface area contributed by atoms with E-state index in [2.05, 4.69) is 4.98 Å². The normalized spacial score (nSPS) is 14.1. The average molecular weight is 421 g/mol. The van der Waals surface area contributed by atoms with E-state index in [1.165, 1.54) is 16.7 Å². The molecule has 1 aliphatic heterocycles. The van der Waals surface area contributed by atoms with Crippen LogP contribution in [0, 0.1) is 6.92 Å². The minimum absolute atomic E-state index is 0.209. The van der Waals surface area contributed by atoms with Gasteiger partial charge in [0.2, 0.25) is 0 Å². The molecule has 0 aliphatic carbocycles. The summed E-state index contributed by atoms with van der Waals surface area (Å²) in [5.74, 6) is -0.575. The van der Waals surface area contributed by atoms with Gasteiger partial charge in [0.1, 0.15) is 0 Å². The van der Waals surface area contributed by atoms with Gasteiger partial charge in [0.25, 0.3) is 11.8 Å². The third-order valence-electron chi connectivity index (χ3n) is 4.59. The van der Waals surface area contributed by atoms with Crippen LogP contribution < -0.4 is 0 Å². The molecule has 2 aromatic carbocycles. The van der Waals surface area contributed by atoms with Crippen LogP contribution in [0.4, 0.5) is 0 Å². The Bertz CT molecular complexity index is 1090. The molecule has 3 aromatic rings. The van der Waals surface area contributed by atoms with E-state index in [9.17, 15) is 9.59 Å². The first kappa shape index (κ1) is 19.4. The van der Waals surface area contributed by atoms with Gasteiger partial charge >= 0.3 is 0 Å². The van der Waals surface area contributed by atoms with Crippen molar-refractivity contribution in [1.29, 1.82) is 0 Å². The van der Waals surface area contributed by atoms with Crippen LogP contribution in [0.15, 0.2) is 82.9 Å². The minimum atomic E-state index is -0.290. The van der Waals surface area contributed by atoms with Gasteiger partial charge in [-0.2, -0.15) is 0 Å². The van der Waals surface area contributed by atoms with Gasteiger partial charge in [0.05, 0.1) is 17.0 Å². The molecule has 144 valence electrons. The number of hydrogen-bond donors (Lipinski definition) is 0. The molecule has 2 heterocycles. The van der Waals surface area contributed by atoms with Crippen molar-refractivity contribution in [2.75, 3.05) is 0 Å². The second-order valence-electron chi connectivity index (χ2n) is 6.68. The zero-order chi connectivity index (χ0) is 20.4. The number of carbonyl (C=O) groups excluding carboxylic acids is 2. The summed E-state index contributed by atoms with van der Waals surface area (Å²) in [6.07, 6.45) is 3.30. The van der Waals surface area contributed by atoms with Crippen LogP contribution in [0.2, 0.25) is 5.02 Å². The van der Waals surface area contributed by atoms with Gasteiger partial charge in [-0.25, -0.2) is 0 Å². The molecular weight excluding hydrogens is 404 g/mol. The van der Waals surface area contributed by atoms with Gasteiger partial charge in [-0.1, -0.05) is 53.2 Å². The van der Waals surface area contributed by atoms with Crippen molar-refractivity contribution < 1.29 is 9.59 Å². The Labute approximate surface area is 178 Å². The summed E-state index contributed by atoms with van der Waals surface area (Å²) in [5.41, 5.74) is 3.11. The van der Waals surface area contributed by atoms with Gasteiger partial charge in [-0.05, 0) is 54.4 Å². The summed E-state index contributed by atoms with van der Waals surface area (Å²) >= 11 is 7.27. The van der Waals surface area contributed by atoms with E-state index in [1.807, 2.05) is 43.3 Å². The number of amides is 2. The van der Waals surface area contributed by atoms with Crippen LogP contribution in [-0.4, -0.2) is 21.7 Å². The number of aromatic nitrogens is 1. The van der Waals surface area contributed by atoms with Crippen molar-refractivity contribution >= 4 is 40.8 Å². The first-order valence-electron chi connectivity index (χ1n) is 9.03. The molecule has 0 fully saturated rings. The standard InChI is InChI=1S/C23H17ClN2O2S/c1-15-2-4-17(5-3-15)20-21(29-19-8-6-18(24)7-9-19)23(28)26(22(20)27)14-16-10-12-25-13-11-16/h2-13H,14H2,1H3. The Hall–Kier alpha value is -2.89. The van der Waals surface area contributed by atoms with Crippen molar-refractivity contribution in [1.82, 2.24) is 9.88 Å². The fourth-order valence-electron chi connectivity index (χ4n) is 3.06. The van der Waals surface area contributed by atoms with Crippen LogP contribution in [0.25, 0.3) is 5.57 Å². The van der Waals surface area contributed by atoms with E-state index in [4.69, 9.17) is 11.6 Å². The van der Waals surface area contributed by atoms with E-state index in [0.29, 0.717) is 15.5 Å². The second kappa shape index (κ2) is 8.23. The van der Waals surface area contributed by atoms with Gasteiger partial charge in [-0.15, -0.1) is 0 Å². The molecule has 1 aliphatic rings. The van der Waals surface area contributed by atoms with E-state index in [1.54, 1.807) is 36.7 Å². The van der Waals surface area contributed by atoms with Gasteiger partial charge in [-0.3, -0.25) is 19.5 Å². The van der Waals surface area contributed by atoms with E-state index < -0.39 is 0 Å². The Kier molecular flexibility index (Phi) is 5.51. The molecule has 0 bridgehead atoms. The maximum Gasteiger partial charge on any atom is 0.268 e. The predicted octanol–water partition coefficient (Wildman–Crippen LogP) is 5.12. The summed E-state index contributed by atoms with van der Waals surface area (Å²) < 4.78 is 0. The fraction of sp³-hybridized carbons (Fsp3) is 0.0870. The Morgan fingerprint density at radius 2 is 1.55 bits per heavy atom. The maximum atomic E-state index is 13.3. The second-order valence-corrected chi connectivity index (χ2v) is 8.20. The van der Waals surface area contributed by atoms with Crippen LogP contribution in [0.5, 0.6) is 0 Å². The molecule has 0 radical (unpaired) electrons. The van der Waals surface area contributed by atoms with Crippen LogP contribution >= 0.6 is 23.4 Å². The Balaban J connectivity index is 1.74. The predicted molar refractivity (Wildman–Crippen MR) is 115 cm³/mol. The monoisotopic (exact) mass is 420 g/mol. The largest absolute Gasteiger partial charge is 0.269 e. The highest BCUT2D eigenvalue weighted by Gasteiger charge is 2.39. The number of nitrogens with zero attached hydrogens (tertiary/aromatic N) is 2. The van der Waals surface area contributed by atoms with Crippen molar-refractivity contribution in [2.45, 2.75) is 18.4 Å². The molecule has 2 amide bonds. The molecule has 0 N–H and O–H groups in total. The topological polar surface area (TPSA) is 50.3 Å². The molecule has 0 saturated carbocycles. The molecule has 0 saturated heterocycles. The third kappa shape index (κ3) is 4.11. The molecular formula is C23H17ClN2O2S. The number of rotatable bonds is 5. The van der Waals surface area contributed by atoms with E-state index in [-0.39, 0.29) is 18.4 Å². The molecule has 0 spiro atoms. The summed E-state index contributed by atoms with van der Waals surface area (Å²) in [5, 5.41) is 0.621. The van der Waals surface area contributed by atoms with Gasteiger partial charge in [0.15, 0.2) is 0 Å². The first-order chi connectivity index (χ1) is 14.0. The van der Waals surface area contributed by atoms with Crippen molar-refractivity contribution in [2.24, 2.45) is 0 Å². The number of carbonyl (C=O) groups is 2. The Morgan fingerprint density at radius 1 is 0.897 bits per heavy atom. The van der Waals surface area contributed by atoms with Crippen molar-refractivity contribution in [3.63, 3.8) is 0 Å². The molecule has 0 atom stereocenters. The van der Waals surface area contributed by atoms with Crippen LogP contribution in [0.3, 0.4) is 0 Å². The number of pyridine rings is 1. The Morgan fingerprint density at radius 3 is 2.21 bits per heavy atom. The third-order valence-corrected chi connectivity index (χ3v) is 5.93. The van der Waals surface area contributed by atoms with Crippen molar-refractivity contribution in [3.8, 4) is 0 Å². The zero-order valence-electron chi connectivity index (χ0n) is 15.6. The minimum Gasteiger partial charge on any atom is -0.269 e. The maximum absolute atomic E-state index is 13.3. The highest BCUT2D eigenvalue weighted by Crippen LogP contribution is 2.40. The zero-order valence-corrected chi connectivity index (χ0v) is 17.2. The lowest BCUT2D eigenvalue weighted by molar-refractivity contribution is -0.137. The molecule has 29 heavy (non-hydrogen) atoms. The SMILES string of the molecule is Cc1ccc(C2=C(Sc3ccc(Cl)cc3)C(=O)N(Cc3ccncc3)C2=O)cc1. The lowest BCUT2D eigenvalue weighted by Gasteiger charge is -2.15. The number of imide groups is 1. The number of halogens is 1. The number of hydrogen-bond acceptors (Lipinski definition) is 4. The van der Waals surface area contributed by atoms with E-state index in [0.717, 1.165) is 21.6 Å². The van der Waals surface area contributed by atoms with Gasteiger partial charge < -0.3 is 0 Å². The summed E-state index contributed by atoms with van der Waals surface area (Å²) in [6, 6.07) is 18.5. The van der Waals surface area contributed by atoms with Gasteiger partial charge in [0, 0.05) is 22.3 Å². The quantitative estimate of drug-likeness (QED) is 0.538. The highest BCUT2D eigenvalue weighted by molar-refractivity contribution is 8.04. The summed E-state index contributed by atoms with van der Waals surface area (Å²) in [7, 11) is 0. The van der Waals surface area contributed by atoms with Crippen molar-refractivity contribution in [3.05, 3.63) is 99.7 Å². The highest BCUT2D eigenvalue weighted by atomic mass is 35.5.